The van der Waals surface area contributed by atoms with Crippen molar-refractivity contribution in [2.75, 3.05) is 24.6 Å². The number of carbonyl (C=O) groups excluding carboxylic acids is 1. The Balaban J connectivity index is 1.81. The second kappa shape index (κ2) is 6.34. The number of hydrogen-bond donors (Lipinski definition) is 3. The van der Waals surface area contributed by atoms with Crippen molar-refractivity contribution in [1.29, 1.82) is 0 Å². The van der Waals surface area contributed by atoms with Gasteiger partial charge in [0.05, 0.1) is 22.6 Å². The number of H-pyrrole nitrogens is 1. The molecule has 1 amide bonds. The van der Waals surface area contributed by atoms with Crippen LogP contribution >= 0.6 is 11.6 Å². The van der Waals surface area contributed by atoms with Crippen molar-refractivity contribution in [3.63, 3.8) is 0 Å². The van der Waals surface area contributed by atoms with E-state index in [1.165, 1.54) is 6.33 Å². The van der Waals surface area contributed by atoms with Crippen molar-refractivity contribution >= 4 is 34.5 Å². The van der Waals surface area contributed by atoms with Gasteiger partial charge in [-0.25, -0.2) is 14.8 Å². The monoisotopic (exact) mass is 367 g/mol. The number of ether oxygens (including phenoxy) is 1. The second-order valence-corrected chi connectivity index (χ2v) is 7.70. The molecule has 3 rings (SSSR count). The minimum Gasteiger partial charge on any atom is -0.444 e. The molecular weight excluding hydrogens is 346 g/mol. The molecule has 0 aliphatic carbocycles. The Bertz CT molecular complexity index is 788. The van der Waals surface area contributed by atoms with Crippen LogP contribution in [0.4, 0.5) is 10.6 Å². The predicted molar refractivity (Wildman–Crippen MR) is 94.9 cm³/mol. The molecule has 0 radical (unpaired) electrons. The summed E-state index contributed by atoms with van der Waals surface area (Å²) in [6.45, 7) is 6.21. The van der Waals surface area contributed by atoms with Crippen molar-refractivity contribution in [2.24, 2.45) is 0 Å². The Morgan fingerprint density at radius 3 is 2.96 bits per heavy atom. The van der Waals surface area contributed by atoms with E-state index in [1.54, 1.807) is 27.0 Å². The molecular formula is C16H22ClN5O3. The summed E-state index contributed by atoms with van der Waals surface area (Å²) in [5.74, 6) is 0.678. The van der Waals surface area contributed by atoms with Gasteiger partial charge in [-0.05, 0) is 27.2 Å². The number of hydrogen-bond acceptors (Lipinski definition) is 6. The number of aromatic nitrogens is 3. The first-order valence-corrected chi connectivity index (χ1v) is 8.45. The van der Waals surface area contributed by atoms with Crippen molar-refractivity contribution in [2.45, 2.75) is 38.3 Å². The average Bonchev–Trinajstić information content (AvgIpc) is 3.10. The van der Waals surface area contributed by atoms with Gasteiger partial charge < -0.3 is 25.0 Å². The fourth-order valence-electron chi connectivity index (χ4n) is 2.99. The summed E-state index contributed by atoms with van der Waals surface area (Å²) in [5, 5.41) is 14.0. The van der Waals surface area contributed by atoms with Crippen molar-refractivity contribution in [3.8, 4) is 0 Å². The Kier molecular flexibility index (Phi) is 4.51. The lowest BCUT2D eigenvalue weighted by Gasteiger charge is -2.30. The van der Waals surface area contributed by atoms with Gasteiger partial charge >= 0.3 is 6.09 Å². The number of aliphatic hydroxyl groups is 1. The van der Waals surface area contributed by atoms with Crippen molar-refractivity contribution in [3.05, 3.63) is 17.5 Å². The highest BCUT2D eigenvalue weighted by atomic mass is 35.5. The van der Waals surface area contributed by atoms with E-state index >= 15 is 0 Å². The van der Waals surface area contributed by atoms with Gasteiger partial charge in [0.15, 0.2) is 0 Å². The maximum absolute atomic E-state index is 12.1. The molecule has 1 unspecified atom stereocenters. The smallest absolute Gasteiger partial charge is 0.408 e. The third kappa shape index (κ3) is 3.64. The largest absolute Gasteiger partial charge is 0.444 e. The molecule has 9 heteroatoms. The number of nitrogens with zero attached hydrogens (tertiary/aromatic N) is 3. The van der Waals surface area contributed by atoms with Crippen LogP contribution in [0.3, 0.4) is 0 Å². The lowest BCUT2D eigenvalue weighted by Crippen LogP contribution is -2.54. The van der Waals surface area contributed by atoms with E-state index in [4.69, 9.17) is 16.3 Å². The van der Waals surface area contributed by atoms with E-state index < -0.39 is 17.2 Å². The molecule has 136 valence electrons. The van der Waals surface area contributed by atoms with Crippen LogP contribution in [-0.4, -0.2) is 57.0 Å². The molecule has 2 aromatic rings. The number of anilines is 1. The fraction of sp³-hybridized carbons (Fsp3) is 0.562. The Morgan fingerprint density at radius 2 is 2.28 bits per heavy atom. The van der Waals surface area contributed by atoms with Crippen LogP contribution in [0.15, 0.2) is 12.5 Å². The zero-order valence-electron chi connectivity index (χ0n) is 14.5. The lowest BCUT2D eigenvalue weighted by atomic mass is 10.0. The Labute approximate surface area is 150 Å². The summed E-state index contributed by atoms with van der Waals surface area (Å²) < 4.78 is 5.31. The molecule has 1 aliphatic rings. The molecule has 0 spiro atoms. The lowest BCUT2D eigenvalue weighted by molar-refractivity contribution is 0.0417. The summed E-state index contributed by atoms with van der Waals surface area (Å²) in [4.78, 5) is 25.6. The highest BCUT2D eigenvalue weighted by Crippen LogP contribution is 2.33. The standard InChI is InChI=1S/C16H22ClN5O3/c1-15(2,3)25-14(24)21-16(8-23)4-5-22(7-16)13-11-10(17)6-18-12(11)19-9-20-13/h6,9,23H,4-5,7-8H2,1-3H3,(H,21,24)(H,18,19,20). The number of amides is 1. The molecule has 8 nitrogen and oxygen atoms in total. The summed E-state index contributed by atoms with van der Waals surface area (Å²) in [5.41, 5.74) is -0.740. The molecule has 3 heterocycles. The maximum atomic E-state index is 12.1. The SMILES string of the molecule is CC(C)(C)OC(=O)NC1(CO)CCN(c2ncnc3[nH]cc(Cl)c23)C1. The number of aromatic amines is 1. The van der Waals surface area contributed by atoms with E-state index in [-0.39, 0.29) is 6.61 Å². The molecule has 1 atom stereocenters. The molecule has 25 heavy (non-hydrogen) atoms. The van der Waals surface area contributed by atoms with Crippen LogP contribution in [0.25, 0.3) is 11.0 Å². The van der Waals surface area contributed by atoms with E-state index in [0.29, 0.717) is 36.0 Å². The number of nitrogens with one attached hydrogen (secondary N) is 2. The van der Waals surface area contributed by atoms with Crippen LogP contribution in [0.2, 0.25) is 5.02 Å². The van der Waals surface area contributed by atoms with Crippen LogP contribution in [0.1, 0.15) is 27.2 Å². The van der Waals surface area contributed by atoms with E-state index in [9.17, 15) is 9.90 Å². The quantitative estimate of drug-likeness (QED) is 0.767. The molecule has 3 N–H and O–H groups in total. The van der Waals surface area contributed by atoms with Gasteiger partial charge in [0, 0.05) is 19.3 Å². The number of rotatable bonds is 3. The van der Waals surface area contributed by atoms with Gasteiger partial charge in [-0.1, -0.05) is 11.6 Å². The van der Waals surface area contributed by atoms with Gasteiger partial charge in [0.25, 0.3) is 0 Å². The first-order valence-electron chi connectivity index (χ1n) is 8.08. The first kappa shape index (κ1) is 17.8. The zero-order valence-corrected chi connectivity index (χ0v) is 15.2. The average molecular weight is 368 g/mol. The molecule has 0 saturated carbocycles. The maximum Gasteiger partial charge on any atom is 0.408 e. The molecule has 2 aromatic heterocycles. The summed E-state index contributed by atoms with van der Waals surface area (Å²) >= 11 is 6.24. The minimum absolute atomic E-state index is 0.197. The summed E-state index contributed by atoms with van der Waals surface area (Å²) in [6, 6.07) is 0. The van der Waals surface area contributed by atoms with Crippen molar-refractivity contribution in [1.82, 2.24) is 20.3 Å². The van der Waals surface area contributed by atoms with Gasteiger partial charge in [-0.3, -0.25) is 0 Å². The van der Waals surface area contributed by atoms with Gasteiger partial charge in [-0.2, -0.15) is 0 Å². The van der Waals surface area contributed by atoms with Crippen LogP contribution in [0, 0.1) is 0 Å². The topological polar surface area (TPSA) is 103 Å². The third-order valence-electron chi connectivity index (χ3n) is 4.12. The Hall–Kier alpha value is -2.06. The Morgan fingerprint density at radius 1 is 1.52 bits per heavy atom. The number of fused-ring (bicyclic) bond motifs is 1. The van der Waals surface area contributed by atoms with Gasteiger partial charge in [0.2, 0.25) is 0 Å². The van der Waals surface area contributed by atoms with E-state index in [2.05, 4.69) is 20.3 Å². The van der Waals surface area contributed by atoms with Crippen LogP contribution in [0.5, 0.6) is 0 Å². The third-order valence-corrected chi connectivity index (χ3v) is 4.42. The zero-order chi connectivity index (χ0) is 18.2. The van der Waals surface area contributed by atoms with Crippen LogP contribution in [-0.2, 0) is 4.74 Å². The van der Waals surface area contributed by atoms with Gasteiger partial charge in [-0.15, -0.1) is 0 Å². The second-order valence-electron chi connectivity index (χ2n) is 7.29. The predicted octanol–water partition coefficient (Wildman–Crippen LogP) is 2.08. The van der Waals surface area contributed by atoms with E-state index in [0.717, 1.165) is 5.39 Å². The number of alkyl carbamates (subject to hydrolysis) is 1. The fourth-order valence-corrected chi connectivity index (χ4v) is 3.22. The molecule has 1 aliphatic heterocycles. The summed E-state index contributed by atoms with van der Waals surface area (Å²) in [7, 11) is 0. The van der Waals surface area contributed by atoms with Gasteiger partial charge in [0.1, 0.15) is 23.4 Å². The number of aliphatic hydroxyl groups excluding tert-OH is 1. The minimum atomic E-state index is -0.789. The van der Waals surface area contributed by atoms with Crippen molar-refractivity contribution < 1.29 is 14.6 Å². The van der Waals surface area contributed by atoms with E-state index in [1.807, 2.05) is 4.90 Å². The molecule has 1 fully saturated rings. The molecule has 1 saturated heterocycles. The molecule has 0 bridgehead atoms. The summed E-state index contributed by atoms with van der Waals surface area (Å²) in [6.07, 6.45) is 3.15. The normalized spacial score (nSPS) is 20.9. The number of carbonyl (C=O) groups is 1. The highest BCUT2D eigenvalue weighted by molar-refractivity contribution is 6.36. The highest BCUT2D eigenvalue weighted by Gasteiger charge is 2.41. The first-order chi connectivity index (χ1) is 11.7. The molecule has 0 aromatic carbocycles. The van der Waals surface area contributed by atoms with Crippen LogP contribution < -0.4 is 10.2 Å². The number of halogens is 1.